The second-order valence-corrected chi connectivity index (χ2v) is 8.60. The van der Waals surface area contributed by atoms with E-state index < -0.39 is 0 Å². The Morgan fingerprint density at radius 3 is 2.33 bits per heavy atom. The standard InChI is InChI=1S/C21H17N3O3S3/c1-26-15-3-4-18(27-2)16(9-15)17(25)12-30-21-22-19(13-5-7-28-10-13)20(23-24-21)14-6-8-29-11-14/h3-11H,12H2,1-2H3. The van der Waals surface area contributed by atoms with Gasteiger partial charge in [0.1, 0.15) is 22.9 Å². The molecule has 0 aliphatic heterocycles. The zero-order chi connectivity index (χ0) is 20.9. The number of benzene rings is 1. The van der Waals surface area contributed by atoms with Gasteiger partial charge in [-0.05, 0) is 41.1 Å². The van der Waals surface area contributed by atoms with Crippen LogP contribution in [0.5, 0.6) is 11.5 Å². The summed E-state index contributed by atoms with van der Waals surface area (Å²) in [6.45, 7) is 0. The van der Waals surface area contributed by atoms with E-state index in [0.717, 1.165) is 22.5 Å². The van der Waals surface area contributed by atoms with Gasteiger partial charge in [0, 0.05) is 21.9 Å². The summed E-state index contributed by atoms with van der Waals surface area (Å²) in [5, 5.41) is 17.2. The van der Waals surface area contributed by atoms with Crippen LogP contribution in [0.15, 0.2) is 57.0 Å². The number of ether oxygens (including phenoxy) is 2. The molecule has 0 radical (unpaired) electrons. The lowest BCUT2D eigenvalue weighted by Crippen LogP contribution is -2.07. The highest BCUT2D eigenvalue weighted by Crippen LogP contribution is 2.32. The Morgan fingerprint density at radius 2 is 1.70 bits per heavy atom. The van der Waals surface area contributed by atoms with E-state index in [4.69, 9.17) is 14.5 Å². The second kappa shape index (κ2) is 9.38. The van der Waals surface area contributed by atoms with Crippen LogP contribution in [-0.2, 0) is 0 Å². The van der Waals surface area contributed by atoms with Gasteiger partial charge in [-0.3, -0.25) is 4.79 Å². The Balaban J connectivity index is 1.59. The number of hydrogen-bond donors (Lipinski definition) is 0. The second-order valence-electron chi connectivity index (χ2n) is 6.09. The van der Waals surface area contributed by atoms with Crippen LogP contribution in [0.4, 0.5) is 0 Å². The van der Waals surface area contributed by atoms with Crippen molar-refractivity contribution in [2.24, 2.45) is 0 Å². The van der Waals surface area contributed by atoms with Crippen molar-refractivity contribution in [3.8, 4) is 34.0 Å². The third-order valence-electron chi connectivity index (χ3n) is 4.30. The van der Waals surface area contributed by atoms with Gasteiger partial charge in [0.25, 0.3) is 0 Å². The number of ketones is 1. The lowest BCUT2D eigenvalue weighted by molar-refractivity contribution is 0.101. The van der Waals surface area contributed by atoms with Crippen LogP contribution < -0.4 is 9.47 Å². The molecule has 0 spiro atoms. The highest BCUT2D eigenvalue weighted by Gasteiger charge is 2.18. The topological polar surface area (TPSA) is 74.2 Å². The molecule has 0 amide bonds. The number of thiophene rings is 2. The first kappa shape index (κ1) is 20.5. The maximum Gasteiger partial charge on any atom is 0.210 e. The number of methoxy groups -OCH3 is 2. The summed E-state index contributed by atoms with van der Waals surface area (Å²) < 4.78 is 10.5. The maximum absolute atomic E-state index is 12.8. The summed E-state index contributed by atoms with van der Waals surface area (Å²) in [5.41, 5.74) is 3.93. The first-order valence-corrected chi connectivity index (χ1v) is 11.7. The molecule has 0 aliphatic carbocycles. The largest absolute Gasteiger partial charge is 0.497 e. The van der Waals surface area contributed by atoms with Crippen LogP contribution in [0.2, 0.25) is 0 Å². The van der Waals surface area contributed by atoms with E-state index in [0.29, 0.717) is 22.2 Å². The monoisotopic (exact) mass is 455 g/mol. The van der Waals surface area contributed by atoms with E-state index in [9.17, 15) is 4.79 Å². The molecule has 6 nitrogen and oxygen atoms in total. The molecule has 4 aromatic rings. The Labute approximate surface area is 185 Å². The Hall–Kier alpha value is -2.75. The molecule has 0 saturated heterocycles. The molecule has 0 aliphatic rings. The van der Waals surface area contributed by atoms with Gasteiger partial charge in [-0.15, -0.1) is 10.2 Å². The van der Waals surface area contributed by atoms with Gasteiger partial charge in [0.2, 0.25) is 5.16 Å². The summed E-state index contributed by atoms with van der Waals surface area (Å²) in [6.07, 6.45) is 0. The van der Waals surface area contributed by atoms with Crippen molar-refractivity contribution in [2.45, 2.75) is 5.16 Å². The Morgan fingerprint density at radius 1 is 0.967 bits per heavy atom. The van der Waals surface area contributed by atoms with Crippen molar-refractivity contribution >= 4 is 40.2 Å². The first-order valence-electron chi connectivity index (χ1n) is 8.87. The third kappa shape index (κ3) is 4.38. The van der Waals surface area contributed by atoms with Crippen LogP contribution in [0.1, 0.15) is 10.4 Å². The average Bonchev–Trinajstić information content (AvgIpc) is 3.51. The SMILES string of the molecule is COc1ccc(OC)c(C(=O)CSc2nnc(-c3ccsc3)c(-c3ccsc3)n2)c1. The summed E-state index contributed by atoms with van der Waals surface area (Å²) in [6, 6.07) is 9.16. The van der Waals surface area contributed by atoms with Crippen molar-refractivity contribution in [2.75, 3.05) is 20.0 Å². The summed E-state index contributed by atoms with van der Waals surface area (Å²) in [7, 11) is 3.10. The Bertz CT molecular complexity index is 1150. The van der Waals surface area contributed by atoms with E-state index in [-0.39, 0.29) is 11.5 Å². The predicted molar refractivity (Wildman–Crippen MR) is 121 cm³/mol. The molecule has 0 bridgehead atoms. The molecule has 9 heteroatoms. The molecule has 3 heterocycles. The van der Waals surface area contributed by atoms with E-state index >= 15 is 0 Å². The molecule has 0 saturated carbocycles. The minimum Gasteiger partial charge on any atom is -0.497 e. The number of Topliss-reactive ketones (excluding diaryl/α,β-unsaturated/α-hetero) is 1. The molecular weight excluding hydrogens is 438 g/mol. The number of carbonyl (C=O) groups excluding carboxylic acids is 1. The lowest BCUT2D eigenvalue weighted by atomic mass is 10.1. The smallest absolute Gasteiger partial charge is 0.210 e. The fraction of sp³-hybridized carbons (Fsp3) is 0.143. The molecule has 1 aromatic carbocycles. The zero-order valence-corrected chi connectivity index (χ0v) is 18.6. The van der Waals surface area contributed by atoms with Gasteiger partial charge in [0.15, 0.2) is 5.78 Å². The molecule has 152 valence electrons. The number of carbonyl (C=O) groups is 1. The van der Waals surface area contributed by atoms with Gasteiger partial charge in [-0.25, -0.2) is 4.98 Å². The van der Waals surface area contributed by atoms with E-state index in [1.165, 1.54) is 18.9 Å². The van der Waals surface area contributed by atoms with Gasteiger partial charge in [-0.2, -0.15) is 22.7 Å². The summed E-state index contributed by atoms with van der Waals surface area (Å²) in [5.74, 6) is 1.17. The predicted octanol–water partition coefficient (Wildman–Crippen LogP) is 5.32. The van der Waals surface area contributed by atoms with Crippen molar-refractivity contribution in [1.29, 1.82) is 0 Å². The fourth-order valence-corrected chi connectivity index (χ4v) is 4.76. The van der Waals surface area contributed by atoms with Crippen molar-refractivity contribution in [3.63, 3.8) is 0 Å². The molecule has 0 N–H and O–H groups in total. The molecular formula is C21H17N3O3S3. The van der Waals surface area contributed by atoms with E-state index in [1.54, 1.807) is 48.0 Å². The summed E-state index contributed by atoms with van der Waals surface area (Å²) in [4.78, 5) is 17.5. The fourth-order valence-electron chi connectivity index (χ4n) is 2.81. The highest BCUT2D eigenvalue weighted by molar-refractivity contribution is 7.99. The third-order valence-corrected chi connectivity index (χ3v) is 6.50. The molecule has 0 atom stereocenters. The van der Waals surface area contributed by atoms with Gasteiger partial charge in [-0.1, -0.05) is 11.8 Å². The highest BCUT2D eigenvalue weighted by atomic mass is 32.2. The number of hydrogen-bond acceptors (Lipinski definition) is 9. The first-order chi connectivity index (χ1) is 14.7. The van der Waals surface area contributed by atoms with Crippen LogP contribution in [0.25, 0.3) is 22.5 Å². The van der Waals surface area contributed by atoms with Gasteiger partial charge < -0.3 is 9.47 Å². The number of rotatable bonds is 8. The van der Waals surface area contributed by atoms with Crippen LogP contribution in [0, 0.1) is 0 Å². The Kier molecular flexibility index (Phi) is 6.41. The van der Waals surface area contributed by atoms with Crippen molar-refractivity contribution < 1.29 is 14.3 Å². The number of thioether (sulfide) groups is 1. The number of aromatic nitrogens is 3. The summed E-state index contributed by atoms with van der Waals surface area (Å²) >= 11 is 4.44. The van der Waals surface area contributed by atoms with E-state index in [1.807, 2.05) is 33.7 Å². The van der Waals surface area contributed by atoms with Crippen LogP contribution in [0.3, 0.4) is 0 Å². The quantitative estimate of drug-likeness (QED) is 0.263. The zero-order valence-electron chi connectivity index (χ0n) is 16.2. The molecule has 30 heavy (non-hydrogen) atoms. The minimum absolute atomic E-state index is 0.0988. The van der Waals surface area contributed by atoms with Crippen molar-refractivity contribution in [1.82, 2.24) is 15.2 Å². The molecule has 4 rings (SSSR count). The molecule has 0 unspecified atom stereocenters. The molecule has 0 fully saturated rings. The number of nitrogens with zero attached hydrogens (tertiary/aromatic N) is 3. The van der Waals surface area contributed by atoms with Crippen LogP contribution >= 0.6 is 34.4 Å². The molecule has 3 aromatic heterocycles. The van der Waals surface area contributed by atoms with Gasteiger partial charge >= 0.3 is 0 Å². The minimum atomic E-state index is -0.0988. The van der Waals surface area contributed by atoms with Gasteiger partial charge in [0.05, 0.1) is 25.5 Å². The normalized spacial score (nSPS) is 10.7. The lowest BCUT2D eigenvalue weighted by Gasteiger charge is -2.10. The van der Waals surface area contributed by atoms with Crippen molar-refractivity contribution in [3.05, 3.63) is 57.4 Å². The van der Waals surface area contributed by atoms with Crippen LogP contribution in [-0.4, -0.2) is 40.9 Å². The maximum atomic E-state index is 12.8. The van der Waals surface area contributed by atoms with E-state index in [2.05, 4.69) is 10.2 Å². The average molecular weight is 456 g/mol.